The Morgan fingerprint density at radius 2 is 1.74 bits per heavy atom. The van der Waals surface area contributed by atoms with E-state index < -0.39 is 102 Å². The molecule has 296 valence electrons. The van der Waals surface area contributed by atoms with Crippen molar-refractivity contribution in [2.24, 2.45) is 22.2 Å². The molecule has 0 aromatic heterocycles. The molecule has 2 heterocycles. The highest BCUT2D eigenvalue weighted by Gasteiger charge is 2.66. The number of hydrogen-bond donors (Lipinski definition) is 11. The molecule has 2 aliphatic heterocycles. The molecule has 0 saturated carbocycles. The number of aliphatic carboxylic acids is 2. The molecule has 1 saturated heterocycles. The van der Waals surface area contributed by atoms with E-state index in [0.29, 0.717) is 0 Å². The van der Waals surface area contributed by atoms with Crippen LogP contribution >= 0.6 is 11.8 Å². The lowest BCUT2D eigenvalue weighted by Gasteiger charge is -2.56. The maximum absolute atomic E-state index is 13.4. The van der Waals surface area contributed by atoms with Gasteiger partial charge in [0.1, 0.15) is 29.8 Å². The molecule has 7 atom stereocenters. The van der Waals surface area contributed by atoms with E-state index in [0.717, 1.165) is 16.7 Å². The van der Waals surface area contributed by atoms with Crippen molar-refractivity contribution in [3.05, 3.63) is 11.3 Å². The number of rotatable bonds is 23. The molecule has 0 aliphatic carbocycles. The smallest absolute Gasteiger partial charge is 0.352 e. The minimum Gasteiger partial charge on any atom is -0.480 e. The van der Waals surface area contributed by atoms with Gasteiger partial charge in [0, 0.05) is 24.3 Å². The number of likely N-dealkylation sites (N-methyl/N-ethyl adjacent to an activating group) is 1. The molecule has 0 unspecified atom stereocenters. The van der Waals surface area contributed by atoms with Gasteiger partial charge in [-0.1, -0.05) is 0 Å². The van der Waals surface area contributed by atoms with Crippen LogP contribution in [-0.2, 0) is 43.1 Å². The molecule has 0 aromatic carbocycles. The maximum atomic E-state index is 13.4. The average molecular weight is 773 g/mol. The highest BCUT2D eigenvalue weighted by molar-refractivity contribution is 8.00. The van der Waals surface area contributed by atoms with Crippen molar-refractivity contribution in [2.75, 3.05) is 26.0 Å². The third-order valence-electron chi connectivity index (χ3n) is 8.34. The van der Waals surface area contributed by atoms with Gasteiger partial charge in [-0.25, -0.2) is 4.79 Å². The lowest BCUT2D eigenvalue weighted by Crippen LogP contribution is -2.85. The highest BCUT2D eigenvalue weighted by Crippen LogP contribution is 2.45. The van der Waals surface area contributed by atoms with Crippen molar-refractivity contribution >= 4 is 65.7 Å². The first-order valence-electron chi connectivity index (χ1n) is 16.5. The Hall–Kier alpha value is -5.00. The molecule has 0 radical (unpaired) electrons. The Kier molecular flexibility index (Phi) is 16.9. The fourth-order valence-electron chi connectivity index (χ4n) is 5.26. The van der Waals surface area contributed by atoms with E-state index in [1.807, 2.05) is 0 Å². The molecule has 0 aromatic rings. The molecule has 0 spiro atoms. The van der Waals surface area contributed by atoms with Crippen LogP contribution in [0.5, 0.6) is 0 Å². The lowest BCUT2D eigenvalue weighted by molar-refractivity contribution is -0.162. The summed E-state index contributed by atoms with van der Waals surface area (Å²) in [6.45, 7) is 2.57. The number of carboxylic acid groups (broad SMARTS) is 2. The molecule has 53 heavy (non-hydrogen) atoms. The normalized spacial score (nSPS) is 20.6. The highest BCUT2D eigenvalue weighted by atomic mass is 32.2. The summed E-state index contributed by atoms with van der Waals surface area (Å²) in [5.74, 6) is -6.88. The monoisotopic (exact) mass is 772 g/mol. The van der Waals surface area contributed by atoms with E-state index in [1.165, 1.54) is 6.92 Å². The average Bonchev–Trinajstić information content (AvgIpc) is 3.09. The summed E-state index contributed by atoms with van der Waals surface area (Å²) in [6.07, 6.45) is -1.82. The fourth-order valence-corrected chi connectivity index (χ4v) is 6.67. The van der Waals surface area contributed by atoms with Gasteiger partial charge in [-0.2, -0.15) is 0 Å². The standard InChI is InChI=1S/C30H48N10O12S/c1-14(34-3)23(45)37-15(2)24(46)38-18(7-5-9-35-29(32)33)19(42)10-21(44)52-11-16-12-53-28-30(36-13-41,27(51)40(28)22(16)26(49)50)39-20(43)8-4-6-17(31)25(47)48/h13-15,17-19,28,34,42H,4-12,31H2,1-3H3,(H,36,41)(H,37,45)(H,38,46)(H,39,43)(H,47,48)(H,49,50)(H4,32,33,35)/t14-,15-,17+,18-,19+,28+,30+/m0/s1. The molecule has 2 aliphatic rings. The van der Waals surface area contributed by atoms with Crippen LogP contribution < -0.4 is 43.8 Å². The number of ether oxygens (including phenoxy) is 1. The van der Waals surface area contributed by atoms with E-state index in [-0.39, 0.29) is 62.3 Å². The number of fused-ring (bicyclic) bond motifs is 1. The lowest BCUT2D eigenvalue weighted by atomic mass is 9.94. The topological polar surface area (TPSA) is 360 Å². The Morgan fingerprint density at radius 3 is 2.32 bits per heavy atom. The van der Waals surface area contributed by atoms with Gasteiger partial charge in [-0.05, 0) is 46.6 Å². The number of aliphatic imine (C=N–C) groups is 1. The third-order valence-corrected chi connectivity index (χ3v) is 9.73. The number of amides is 5. The largest absolute Gasteiger partial charge is 0.480 e. The molecule has 0 bridgehead atoms. The Bertz CT molecular complexity index is 1470. The number of nitrogens with one attached hydrogen (secondary N) is 5. The van der Waals surface area contributed by atoms with Gasteiger partial charge < -0.3 is 63.8 Å². The van der Waals surface area contributed by atoms with E-state index in [9.17, 15) is 48.6 Å². The number of aliphatic hydroxyl groups is 1. The number of thioether (sulfide) groups is 1. The third kappa shape index (κ3) is 12.0. The summed E-state index contributed by atoms with van der Waals surface area (Å²) in [5.41, 5.74) is 13.6. The summed E-state index contributed by atoms with van der Waals surface area (Å²) in [7, 11) is 1.57. The van der Waals surface area contributed by atoms with Crippen molar-refractivity contribution in [3.63, 3.8) is 0 Å². The van der Waals surface area contributed by atoms with E-state index in [1.54, 1.807) is 14.0 Å². The SMILES string of the molecule is CN[C@@H](C)C(=O)N[C@@H](C)C(=O)N[C@@H](CCCN=C(N)N)[C@H](O)CC(=O)OCC1=C(C(=O)O)N2C(=O)[C@@](NC=O)(NC(=O)CCC[C@@H](N)C(=O)O)[C@H]2SC1. The predicted octanol–water partition coefficient (Wildman–Crippen LogP) is -4.67. The second-order valence-corrected chi connectivity index (χ2v) is 13.4. The van der Waals surface area contributed by atoms with Crippen molar-refractivity contribution in [1.29, 1.82) is 0 Å². The van der Waals surface area contributed by atoms with Gasteiger partial charge >= 0.3 is 17.9 Å². The second kappa shape index (κ2) is 20.3. The number of hydrogen-bond acceptors (Lipinski definition) is 14. The molecular weight excluding hydrogens is 724 g/mol. The summed E-state index contributed by atoms with van der Waals surface area (Å²) in [6, 6.07) is -3.82. The summed E-state index contributed by atoms with van der Waals surface area (Å²) in [5, 5.41) is 41.3. The first kappa shape index (κ1) is 44.2. The number of nitrogens with two attached hydrogens (primary N) is 3. The molecule has 2 rings (SSSR count). The van der Waals surface area contributed by atoms with Crippen molar-refractivity contribution in [3.8, 4) is 0 Å². The number of nitrogens with zero attached hydrogens (tertiary/aromatic N) is 2. The van der Waals surface area contributed by atoms with Crippen molar-refractivity contribution in [1.82, 2.24) is 31.5 Å². The maximum Gasteiger partial charge on any atom is 0.352 e. The van der Waals surface area contributed by atoms with Crippen molar-refractivity contribution < 1.29 is 58.4 Å². The Morgan fingerprint density at radius 1 is 1.08 bits per heavy atom. The molecule has 5 amide bonds. The van der Waals surface area contributed by atoms with Gasteiger partial charge in [0.15, 0.2) is 5.96 Å². The minimum absolute atomic E-state index is 0.00563. The van der Waals surface area contributed by atoms with Crippen molar-refractivity contribution in [2.45, 2.75) is 93.7 Å². The number of esters is 1. The number of carbonyl (C=O) groups excluding carboxylic acids is 6. The van der Waals surface area contributed by atoms with Crippen LogP contribution in [0.15, 0.2) is 16.3 Å². The number of carbonyl (C=O) groups is 8. The van der Waals surface area contributed by atoms with Gasteiger partial charge in [0.05, 0.1) is 24.6 Å². The van der Waals surface area contributed by atoms with E-state index in [2.05, 4.69) is 31.6 Å². The summed E-state index contributed by atoms with van der Waals surface area (Å²) in [4.78, 5) is 103. The molecule has 14 N–H and O–H groups in total. The number of β-lactam (4-membered cyclic amide) rings is 1. The van der Waals surface area contributed by atoms with Crippen LogP contribution in [0.4, 0.5) is 0 Å². The first-order valence-corrected chi connectivity index (χ1v) is 17.5. The quantitative estimate of drug-likeness (QED) is 0.00884. The number of carboxylic acids is 2. The zero-order valence-electron chi connectivity index (χ0n) is 29.5. The molecule has 23 heteroatoms. The zero-order valence-corrected chi connectivity index (χ0v) is 30.3. The molecule has 22 nitrogen and oxygen atoms in total. The number of guanidine groups is 1. The van der Waals surface area contributed by atoms with Crippen LogP contribution in [0, 0.1) is 0 Å². The van der Waals surface area contributed by atoms with Gasteiger partial charge in [-0.3, -0.25) is 43.5 Å². The Balaban J connectivity index is 2.13. The van der Waals surface area contributed by atoms with Crippen LogP contribution in [0.25, 0.3) is 0 Å². The van der Waals surface area contributed by atoms with E-state index in [4.69, 9.17) is 27.0 Å². The van der Waals surface area contributed by atoms with Crippen LogP contribution in [0.2, 0.25) is 0 Å². The second-order valence-electron chi connectivity index (χ2n) is 12.3. The van der Waals surface area contributed by atoms with Crippen LogP contribution in [0.3, 0.4) is 0 Å². The number of aliphatic hydroxyl groups excluding tert-OH is 1. The fraction of sp³-hybridized carbons (Fsp3) is 0.633. The van der Waals surface area contributed by atoms with E-state index >= 15 is 0 Å². The predicted molar refractivity (Wildman–Crippen MR) is 187 cm³/mol. The first-order chi connectivity index (χ1) is 24.9. The summed E-state index contributed by atoms with van der Waals surface area (Å²) >= 11 is 0.967. The molecular formula is C30H48N10O12S. The zero-order chi connectivity index (χ0) is 40.0. The van der Waals surface area contributed by atoms with Gasteiger partial charge in [-0.15, -0.1) is 11.8 Å². The molecule has 1 fully saturated rings. The van der Waals surface area contributed by atoms with Gasteiger partial charge in [0.25, 0.3) is 5.91 Å². The Labute approximate surface area is 308 Å². The summed E-state index contributed by atoms with van der Waals surface area (Å²) < 4.78 is 5.27. The van der Waals surface area contributed by atoms with Crippen LogP contribution in [0.1, 0.15) is 52.4 Å². The van der Waals surface area contributed by atoms with Gasteiger partial charge in [0.2, 0.25) is 29.8 Å². The van der Waals surface area contributed by atoms with Crippen LogP contribution in [-0.4, -0.2) is 141 Å². The minimum atomic E-state index is -2.00.